The minimum atomic E-state index is -0.533. The lowest BCUT2D eigenvalue weighted by Gasteiger charge is -2.21. The number of aliphatic hydroxyl groups is 1. The zero-order valence-corrected chi connectivity index (χ0v) is 12.3. The molecule has 2 aliphatic rings. The molecule has 110 valence electrons. The molecule has 0 spiro atoms. The molecule has 21 heavy (non-hydrogen) atoms. The molecule has 0 saturated heterocycles. The van der Waals surface area contributed by atoms with E-state index in [9.17, 15) is 5.11 Å². The average Bonchev–Trinajstić information content (AvgIpc) is 2.69. The molecule has 1 aliphatic heterocycles. The van der Waals surface area contributed by atoms with E-state index in [1.54, 1.807) is 6.08 Å². The SMILES string of the molecule is CNCCC=C1C2=C(C=CC1O)OCc1ccccc1C2. The molecule has 1 aliphatic carbocycles. The molecule has 0 aromatic heterocycles. The van der Waals surface area contributed by atoms with Gasteiger partial charge in [0.2, 0.25) is 0 Å². The summed E-state index contributed by atoms with van der Waals surface area (Å²) in [5.41, 5.74) is 4.61. The number of benzene rings is 1. The number of aliphatic hydroxyl groups excluding tert-OH is 1. The number of ether oxygens (including phenoxy) is 1. The van der Waals surface area contributed by atoms with E-state index in [-0.39, 0.29) is 0 Å². The summed E-state index contributed by atoms with van der Waals surface area (Å²) in [6.07, 6.45) is 7.01. The Bertz CT molecular complexity index is 613. The van der Waals surface area contributed by atoms with Gasteiger partial charge in [0.05, 0.1) is 6.10 Å². The van der Waals surface area contributed by atoms with Crippen LogP contribution < -0.4 is 5.32 Å². The summed E-state index contributed by atoms with van der Waals surface area (Å²) in [6, 6.07) is 8.35. The van der Waals surface area contributed by atoms with Gasteiger partial charge in [-0.3, -0.25) is 0 Å². The first-order valence-electron chi connectivity index (χ1n) is 7.43. The number of nitrogens with one attached hydrogen (secondary N) is 1. The van der Waals surface area contributed by atoms with Crippen molar-refractivity contribution >= 4 is 0 Å². The minimum absolute atomic E-state index is 0.533. The third kappa shape index (κ3) is 2.94. The summed E-state index contributed by atoms with van der Waals surface area (Å²) in [7, 11) is 1.94. The average molecular weight is 283 g/mol. The molecule has 0 fully saturated rings. The van der Waals surface area contributed by atoms with Crippen molar-refractivity contribution < 1.29 is 9.84 Å². The molecular weight excluding hydrogens is 262 g/mol. The molecule has 0 bridgehead atoms. The Morgan fingerprint density at radius 3 is 2.95 bits per heavy atom. The Morgan fingerprint density at radius 1 is 1.33 bits per heavy atom. The maximum atomic E-state index is 10.3. The molecule has 0 saturated carbocycles. The number of fused-ring (bicyclic) bond motifs is 1. The zero-order valence-electron chi connectivity index (χ0n) is 12.3. The Hall–Kier alpha value is -1.84. The van der Waals surface area contributed by atoms with E-state index in [4.69, 9.17) is 4.74 Å². The lowest BCUT2D eigenvalue weighted by atomic mass is 9.88. The summed E-state index contributed by atoms with van der Waals surface area (Å²) in [5, 5.41) is 13.4. The van der Waals surface area contributed by atoms with Crippen LogP contribution in [0.1, 0.15) is 17.5 Å². The second-order valence-electron chi connectivity index (χ2n) is 5.43. The summed E-state index contributed by atoms with van der Waals surface area (Å²) in [4.78, 5) is 0. The fourth-order valence-corrected chi connectivity index (χ4v) is 2.86. The standard InChI is InChI=1S/C18H21NO2/c1-19-10-4-7-15-16-11-13-5-2-3-6-14(13)12-21-18(16)9-8-17(15)20/h2-3,5-9,17,19-20H,4,10-12H2,1H3. The van der Waals surface area contributed by atoms with E-state index in [1.807, 2.05) is 19.2 Å². The Kier molecular flexibility index (Phi) is 4.23. The van der Waals surface area contributed by atoms with Crippen LogP contribution in [0.4, 0.5) is 0 Å². The van der Waals surface area contributed by atoms with Gasteiger partial charge < -0.3 is 15.2 Å². The van der Waals surface area contributed by atoms with Crippen LogP contribution in [-0.4, -0.2) is 24.8 Å². The van der Waals surface area contributed by atoms with Crippen LogP contribution >= 0.6 is 0 Å². The fraction of sp³-hybridized carbons (Fsp3) is 0.333. The highest BCUT2D eigenvalue weighted by Crippen LogP contribution is 2.33. The van der Waals surface area contributed by atoms with Crippen molar-refractivity contribution in [1.82, 2.24) is 5.32 Å². The van der Waals surface area contributed by atoms with Crippen molar-refractivity contribution in [3.05, 3.63) is 70.5 Å². The first kappa shape index (κ1) is 14.1. The minimum Gasteiger partial charge on any atom is -0.489 e. The molecule has 1 atom stereocenters. The first-order valence-corrected chi connectivity index (χ1v) is 7.43. The largest absolute Gasteiger partial charge is 0.489 e. The molecule has 1 heterocycles. The monoisotopic (exact) mass is 283 g/mol. The zero-order chi connectivity index (χ0) is 14.7. The van der Waals surface area contributed by atoms with Gasteiger partial charge in [-0.1, -0.05) is 30.3 Å². The summed E-state index contributed by atoms with van der Waals surface area (Å²) in [6.45, 7) is 1.50. The second kappa shape index (κ2) is 6.29. The van der Waals surface area contributed by atoms with Crippen molar-refractivity contribution in [2.75, 3.05) is 13.6 Å². The smallest absolute Gasteiger partial charge is 0.123 e. The van der Waals surface area contributed by atoms with E-state index in [2.05, 4.69) is 29.6 Å². The number of hydrogen-bond donors (Lipinski definition) is 2. The molecule has 1 aromatic carbocycles. The molecule has 0 amide bonds. The molecule has 1 unspecified atom stereocenters. The Morgan fingerprint density at radius 2 is 2.14 bits per heavy atom. The van der Waals surface area contributed by atoms with Gasteiger partial charge in [0.15, 0.2) is 0 Å². The van der Waals surface area contributed by atoms with Crippen LogP contribution in [0.2, 0.25) is 0 Å². The van der Waals surface area contributed by atoms with Crippen LogP contribution in [0.25, 0.3) is 0 Å². The van der Waals surface area contributed by atoms with Crippen LogP contribution in [-0.2, 0) is 17.8 Å². The van der Waals surface area contributed by atoms with Crippen molar-refractivity contribution in [1.29, 1.82) is 0 Å². The van der Waals surface area contributed by atoms with Crippen molar-refractivity contribution in [3.63, 3.8) is 0 Å². The molecule has 2 N–H and O–H groups in total. The lowest BCUT2D eigenvalue weighted by molar-refractivity contribution is 0.202. The molecule has 1 aromatic rings. The summed E-state index contributed by atoms with van der Waals surface area (Å²) >= 11 is 0. The van der Waals surface area contributed by atoms with E-state index < -0.39 is 6.10 Å². The summed E-state index contributed by atoms with van der Waals surface area (Å²) in [5.74, 6) is 0.896. The third-order valence-electron chi connectivity index (χ3n) is 4.02. The van der Waals surface area contributed by atoms with E-state index >= 15 is 0 Å². The number of hydrogen-bond acceptors (Lipinski definition) is 3. The maximum absolute atomic E-state index is 10.3. The van der Waals surface area contributed by atoms with Gasteiger partial charge in [-0.2, -0.15) is 0 Å². The van der Waals surface area contributed by atoms with E-state index in [1.165, 1.54) is 11.1 Å². The molecule has 3 heteroatoms. The fourth-order valence-electron chi connectivity index (χ4n) is 2.86. The van der Waals surface area contributed by atoms with Gasteiger partial charge in [0.1, 0.15) is 12.4 Å². The third-order valence-corrected chi connectivity index (χ3v) is 4.02. The van der Waals surface area contributed by atoms with Gasteiger partial charge >= 0.3 is 0 Å². The quantitative estimate of drug-likeness (QED) is 0.837. The predicted octanol–water partition coefficient (Wildman–Crippen LogP) is 2.48. The van der Waals surface area contributed by atoms with Gasteiger partial charge in [-0.25, -0.2) is 0 Å². The number of rotatable bonds is 3. The van der Waals surface area contributed by atoms with E-state index in [0.29, 0.717) is 6.61 Å². The molecule has 0 radical (unpaired) electrons. The van der Waals surface area contributed by atoms with Crippen molar-refractivity contribution in [2.45, 2.75) is 25.6 Å². The highest BCUT2D eigenvalue weighted by molar-refractivity contribution is 5.50. The van der Waals surface area contributed by atoms with E-state index in [0.717, 1.165) is 36.3 Å². The highest BCUT2D eigenvalue weighted by atomic mass is 16.5. The maximum Gasteiger partial charge on any atom is 0.123 e. The Balaban J connectivity index is 1.94. The predicted molar refractivity (Wildman–Crippen MR) is 83.7 cm³/mol. The Labute approximate surface area is 125 Å². The molecular formula is C18H21NO2. The summed E-state index contributed by atoms with van der Waals surface area (Å²) < 4.78 is 5.94. The molecule has 3 rings (SSSR count). The normalized spacial score (nSPS) is 22.6. The lowest BCUT2D eigenvalue weighted by Crippen LogP contribution is -2.17. The van der Waals surface area contributed by atoms with Gasteiger partial charge in [-0.15, -0.1) is 0 Å². The van der Waals surface area contributed by atoms with Gasteiger partial charge in [0.25, 0.3) is 0 Å². The van der Waals surface area contributed by atoms with Gasteiger partial charge in [0, 0.05) is 12.0 Å². The number of allylic oxidation sites excluding steroid dienone is 1. The van der Waals surface area contributed by atoms with Crippen LogP contribution in [0.5, 0.6) is 0 Å². The van der Waals surface area contributed by atoms with Gasteiger partial charge in [-0.05, 0) is 48.9 Å². The van der Waals surface area contributed by atoms with Crippen molar-refractivity contribution in [2.24, 2.45) is 0 Å². The first-order chi connectivity index (χ1) is 10.3. The van der Waals surface area contributed by atoms with Crippen LogP contribution in [0.3, 0.4) is 0 Å². The van der Waals surface area contributed by atoms with Crippen LogP contribution in [0, 0.1) is 0 Å². The second-order valence-corrected chi connectivity index (χ2v) is 5.43. The topological polar surface area (TPSA) is 41.5 Å². The van der Waals surface area contributed by atoms with Crippen molar-refractivity contribution in [3.8, 4) is 0 Å². The molecule has 3 nitrogen and oxygen atoms in total. The highest BCUT2D eigenvalue weighted by Gasteiger charge is 2.24. The van der Waals surface area contributed by atoms with Crippen LogP contribution in [0.15, 0.2) is 59.4 Å².